The van der Waals surface area contributed by atoms with Gasteiger partial charge in [-0.3, -0.25) is 10.4 Å². The summed E-state index contributed by atoms with van der Waals surface area (Å²) in [6.07, 6.45) is 5.45. The van der Waals surface area contributed by atoms with Crippen LogP contribution < -0.4 is 10.6 Å². The summed E-state index contributed by atoms with van der Waals surface area (Å²) in [5, 5.41) is 7.59. The first-order valence-corrected chi connectivity index (χ1v) is 6.26. The molecule has 4 nitrogen and oxygen atoms in total. The lowest BCUT2D eigenvalue weighted by molar-refractivity contribution is 0.706. The van der Waals surface area contributed by atoms with Crippen molar-refractivity contribution in [2.45, 2.75) is 26.2 Å². The summed E-state index contributed by atoms with van der Waals surface area (Å²) in [5.74, 6) is 0.874. The highest BCUT2D eigenvalue weighted by atomic mass is 15.1. The molecule has 1 heterocycles. The Bertz CT molecular complexity index is 398. The highest BCUT2D eigenvalue weighted by Crippen LogP contribution is 2.32. The Morgan fingerprint density at radius 1 is 1.59 bits per heavy atom. The van der Waals surface area contributed by atoms with Gasteiger partial charge in [0.15, 0.2) is 0 Å². The summed E-state index contributed by atoms with van der Waals surface area (Å²) in [4.78, 5) is 6.54. The molecule has 4 heteroatoms. The maximum Gasteiger partial charge on any atom is 0.143 e. The summed E-state index contributed by atoms with van der Waals surface area (Å²) >= 11 is 0. The van der Waals surface area contributed by atoms with Crippen molar-refractivity contribution in [1.29, 1.82) is 5.41 Å². The molecule has 0 saturated heterocycles. The van der Waals surface area contributed by atoms with E-state index in [-0.39, 0.29) is 5.84 Å². The summed E-state index contributed by atoms with van der Waals surface area (Å²) in [5.41, 5.74) is 7.21. The highest BCUT2D eigenvalue weighted by Gasteiger charge is 2.25. The molecule has 0 aromatic carbocycles. The van der Waals surface area contributed by atoms with Gasteiger partial charge >= 0.3 is 0 Å². The Morgan fingerprint density at radius 2 is 2.35 bits per heavy atom. The maximum absolute atomic E-state index is 7.59. The third-order valence-corrected chi connectivity index (χ3v) is 3.05. The second kappa shape index (κ2) is 5.17. The average molecular weight is 232 g/mol. The van der Waals surface area contributed by atoms with E-state index in [1.54, 1.807) is 6.20 Å². The van der Waals surface area contributed by atoms with E-state index in [2.05, 4.69) is 16.8 Å². The monoisotopic (exact) mass is 232 g/mol. The Labute approximate surface area is 102 Å². The maximum atomic E-state index is 7.59. The molecule has 0 spiro atoms. The lowest BCUT2D eigenvalue weighted by Crippen LogP contribution is -2.29. The molecule has 0 amide bonds. The van der Waals surface area contributed by atoms with Gasteiger partial charge in [-0.1, -0.05) is 6.92 Å². The third-order valence-electron chi connectivity index (χ3n) is 3.05. The van der Waals surface area contributed by atoms with Crippen molar-refractivity contribution in [3.63, 3.8) is 0 Å². The number of anilines is 1. The van der Waals surface area contributed by atoms with Crippen molar-refractivity contribution in [2.75, 3.05) is 18.0 Å². The van der Waals surface area contributed by atoms with Crippen molar-refractivity contribution >= 4 is 11.5 Å². The van der Waals surface area contributed by atoms with Crippen LogP contribution in [0.3, 0.4) is 0 Å². The summed E-state index contributed by atoms with van der Waals surface area (Å²) in [6, 6.07) is 3.93. The fourth-order valence-corrected chi connectivity index (χ4v) is 2.05. The van der Waals surface area contributed by atoms with Gasteiger partial charge in [0.05, 0.1) is 5.69 Å². The Kier molecular flexibility index (Phi) is 3.61. The van der Waals surface area contributed by atoms with Crippen LogP contribution in [0, 0.1) is 11.3 Å². The standard InChI is InChI=1S/C13H20N4/c1-2-8-17(9-10-5-6-10)11-4-3-7-16-12(11)13(14)15/h3-4,7,10H,2,5-6,8-9H2,1H3,(H3,14,15). The minimum absolute atomic E-state index is 0.0532. The average Bonchev–Trinajstić information content (AvgIpc) is 3.12. The van der Waals surface area contributed by atoms with Crippen LogP contribution in [0.25, 0.3) is 0 Å². The topological polar surface area (TPSA) is 66.0 Å². The molecule has 0 unspecified atom stereocenters. The normalized spacial score (nSPS) is 14.6. The van der Waals surface area contributed by atoms with Crippen LogP contribution in [0.5, 0.6) is 0 Å². The largest absolute Gasteiger partial charge is 0.382 e. The van der Waals surface area contributed by atoms with Gasteiger partial charge in [0.25, 0.3) is 0 Å². The first kappa shape index (κ1) is 11.9. The Morgan fingerprint density at radius 3 is 2.94 bits per heavy atom. The van der Waals surface area contributed by atoms with E-state index in [9.17, 15) is 0 Å². The number of rotatable bonds is 6. The van der Waals surface area contributed by atoms with Gasteiger partial charge in [-0.15, -0.1) is 0 Å². The van der Waals surface area contributed by atoms with Crippen LogP contribution in [0.4, 0.5) is 5.69 Å². The predicted octanol–water partition coefficient (Wildman–Crippen LogP) is 1.99. The van der Waals surface area contributed by atoms with E-state index in [4.69, 9.17) is 11.1 Å². The lowest BCUT2D eigenvalue weighted by Gasteiger charge is -2.25. The molecule has 0 radical (unpaired) electrons. The van der Waals surface area contributed by atoms with E-state index < -0.39 is 0 Å². The molecule has 3 N–H and O–H groups in total. The van der Waals surface area contributed by atoms with Crippen LogP contribution in [0.2, 0.25) is 0 Å². The molecular weight excluding hydrogens is 212 g/mol. The van der Waals surface area contributed by atoms with Gasteiger partial charge in [-0.25, -0.2) is 0 Å². The van der Waals surface area contributed by atoms with Crippen molar-refractivity contribution in [3.8, 4) is 0 Å². The molecule has 1 aromatic heterocycles. The molecule has 1 aliphatic carbocycles. The summed E-state index contributed by atoms with van der Waals surface area (Å²) in [7, 11) is 0. The van der Waals surface area contributed by atoms with E-state index in [1.807, 2.05) is 12.1 Å². The van der Waals surface area contributed by atoms with Crippen molar-refractivity contribution < 1.29 is 0 Å². The first-order chi connectivity index (χ1) is 8.22. The van der Waals surface area contributed by atoms with Gasteiger partial charge in [0, 0.05) is 19.3 Å². The number of hydrogen-bond acceptors (Lipinski definition) is 3. The van der Waals surface area contributed by atoms with E-state index in [0.29, 0.717) is 5.69 Å². The zero-order valence-corrected chi connectivity index (χ0v) is 10.3. The zero-order chi connectivity index (χ0) is 12.3. The molecule has 0 atom stereocenters. The number of nitrogen functional groups attached to an aromatic ring is 1. The van der Waals surface area contributed by atoms with E-state index in [1.165, 1.54) is 12.8 Å². The molecule has 1 aliphatic rings. The quantitative estimate of drug-likeness (QED) is 0.582. The van der Waals surface area contributed by atoms with Crippen molar-refractivity contribution in [1.82, 2.24) is 4.98 Å². The fraction of sp³-hybridized carbons (Fsp3) is 0.538. The van der Waals surface area contributed by atoms with E-state index in [0.717, 1.165) is 31.1 Å². The highest BCUT2D eigenvalue weighted by molar-refractivity contribution is 5.98. The predicted molar refractivity (Wildman–Crippen MR) is 70.5 cm³/mol. The van der Waals surface area contributed by atoms with Gasteiger partial charge in [0.1, 0.15) is 11.5 Å². The van der Waals surface area contributed by atoms with Crippen LogP contribution in [0.1, 0.15) is 31.9 Å². The minimum atomic E-state index is 0.0532. The van der Waals surface area contributed by atoms with Gasteiger partial charge in [-0.2, -0.15) is 0 Å². The number of nitrogens with two attached hydrogens (primary N) is 1. The number of pyridine rings is 1. The Hall–Kier alpha value is -1.58. The van der Waals surface area contributed by atoms with Crippen molar-refractivity contribution in [2.24, 2.45) is 11.7 Å². The number of amidine groups is 1. The smallest absolute Gasteiger partial charge is 0.143 e. The van der Waals surface area contributed by atoms with Crippen LogP contribution in [-0.2, 0) is 0 Å². The molecular formula is C13H20N4. The van der Waals surface area contributed by atoms with Crippen LogP contribution >= 0.6 is 0 Å². The van der Waals surface area contributed by atoms with Crippen LogP contribution in [-0.4, -0.2) is 23.9 Å². The molecule has 1 fully saturated rings. The zero-order valence-electron chi connectivity index (χ0n) is 10.3. The number of nitrogens with zero attached hydrogens (tertiary/aromatic N) is 2. The minimum Gasteiger partial charge on any atom is -0.382 e. The molecule has 0 aliphatic heterocycles. The number of nitrogens with one attached hydrogen (secondary N) is 1. The molecule has 17 heavy (non-hydrogen) atoms. The Balaban J connectivity index is 2.23. The summed E-state index contributed by atoms with van der Waals surface area (Å²) in [6.45, 7) is 4.24. The SMILES string of the molecule is CCCN(CC1CC1)c1cccnc1C(=N)N. The van der Waals surface area contributed by atoms with Gasteiger partial charge < -0.3 is 10.6 Å². The molecule has 92 valence electrons. The van der Waals surface area contributed by atoms with Gasteiger partial charge in [-0.05, 0) is 37.3 Å². The molecule has 1 saturated carbocycles. The fourth-order valence-electron chi connectivity index (χ4n) is 2.05. The van der Waals surface area contributed by atoms with E-state index >= 15 is 0 Å². The molecule has 0 bridgehead atoms. The van der Waals surface area contributed by atoms with Crippen molar-refractivity contribution in [3.05, 3.63) is 24.0 Å². The molecule has 2 rings (SSSR count). The number of hydrogen-bond donors (Lipinski definition) is 2. The number of aromatic nitrogens is 1. The van der Waals surface area contributed by atoms with Gasteiger partial charge in [0.2, 0.25) is 0 Å². The first-order valence-electron chi connectivity index (χ1n) is 6.26. The van der Waals surface area contributed by atoms with Crippen LogP contribution in [0.15, 0.2) is 18.3 Å². The third kappa shape index (κ3) is 2.96. The summed E-state index contributed by atoms with van der Waals surface area (Å²) < 4.78 is 0. The molecule has 1 aromatic rings. The lowest BCUT2D eigenvalue weighted by atomic mass is 10.2. The second-order valence-corrected chi connectivity index (χ2v) is 4.67. The second-order valence-electron chi connectivity index (χ2n) is 4.67.